The number of halogens is 2. The van der Waals surface area contributed by atoms with Crippen molar-refractivity contribution >= 4 is 37.6 Å². The molecular weight excluding hydrogens is 517 g/mol. The van der Waals surface area contributed by atoms with Crippen LogP contribution in [0, 0.1) is 6.92 Å². The molecule has 36 heavy (non-hydrogen) atoms. The van der Waals surface area contributed by atoms with Crippen molar-refractivity contribution in [2.75, 3.05) is 13.2 Å². The average Bonchev–Trinajstić information content (AvgIpc) is 2.73. The Kier molecular flexibility index (Phi) is 10.2. The maximum absolute atomic E-state index is 12.1. The van der Waals surface area contributed by atoms with Crippen molar-refractivity contribution in [1.82, 2.24) is 15.3 Å². The number of carbonyl (C=O) groups excluding carboxylic acids is 1. The maximum Gasteiger partial charge on any atom is 0.407 e. The summed E-state index contributed by atoms with van der Waals surface area (Å²) < 4.78 is 18.1. The third kappa shape index (κ3) is 9.21. The zero-order valence-electron chi connectivity index (χ0n) is 22.8. The summed E-state index contributed by atoms with van der Waals surface area (Å²) in [6.07, 6.45) is -0.190. The van der Waals surface area contributed by atoms with E-state index in [1.807, 2.05) is 45.0 Å². The van der Waals surface area contributed by atoms with Crippen LogP contribution in [0.3, 0.4) is 0 Å². The number of alkyl carbamates (subject to hydrolysis) is 1. The average molecular weight is 557 g/mol. The normalized spacial score (nSPS) is 13.3. The van der Waals surface area contributed by atoms with Crippen molar-refractivity contribution in [3.8, 4) is 17.1 Å². The van der Waals surface area contributed by atoms with Crippen molar-refractivity contribution in [2.24, 2.45) is 0 Å². The smallest absolute Gasteiger partial charge is 0.407 e. The minimum atomic E-state index is -2.09. The Bertz CT molecular complexity index is 1030. The molecule has 1 heterocycles. The van der Waals surface area contributed by atoms with Gasteiger partial charge in [0.25, 0.3) is 0 Å². The molecule has 1 amide bonds. The van der Waals surface area contributed by atoms with Gasteiger partial charge in [0.1, 0.15) is 22.7 Å². The summed E-state index contributed by atoms with van der Waals surface area (Å²) in [6, 6.07) is 7.43. The minimum Gasteiger partial charge on any atom is -0.491 e. The molecule has 0 saturated carbocycles. The van der Waals surface area contributed by atoms with E-state index in [1.165, 1.54) is 0 Å². The molecule has 0 spiro atoms. The Hall–Kier alpha value is -1.87. The molecule has 1 unspecified atom stereocenters. The first kappa shape index (κ1) is 30.4. The van der Waals surface area contributed by atoms with Crippen LogP contribution >= 0.6 is 23.2 Å². The molecule has 0 aliphatic carbocycles. The Morgan fingerprint density at radius 2 is 1.69 bits per heavy atom. The highest BCUT2D eigenvalue weighted by Crippen LogP contribution is 2.37. The standard InChI is InChI=1S/C26H39Cl2N3O4Si/c1-17-21(27)29-23(30-22(17)28)18-11-10-12-19(15-18)34-16-20(35-36(8,9)26(5,6)7)13-14-33-24(32)31-25(2,3)4/h10-12,15,20H,13-14,16H2,1-9H3,(H,31,32). The van der Waals surface area contributed by atoms with Crippen molar-refractivity contribution in [2.45, 2.75) is 84.7 Å². The van der Waals surface area contributed by atoms with Gasteiger partial charge < -0.3 is 19.2 Å². The summed E-state index contributed by atoms with van der Waals surface area (Å²) >= 11 is 12.4. The maximum atomic E-state index is 12.1. The van der Waals surface area contributed by atoms with E-state index in [1.54, 1.807) is 6.92 Å². The number of amides is 1. The molecule has 7 nitrogen and oxygen atoms in total. The molecular formula is C26H39Cl2N3O4Si. The van der Waals surface area contributed by atoms with E-state index < -0.39 is 14.4 Å². The zero-order valence-corrected chi connectivity index (χ0v) is 25.3. The van der Waals surface area contributed by atoms with E-state index in [4.69, 9.17) is 37.1 Å². The van der Waals surface area contributed by atoms with Crippen LogP contribution in [0.2, 0.25) is 28.4 Å². The van der Waals surface area contributed by atoms with E-state index in [-0.39, 0.29) is 23.3 Å². The Morgan fingerprint density at radius 3 is 2.25 bits per heavy atom. The van der Waals surface area contributed by atoms with E-state index >= 15 is 0 Å². The molecule has 1 aromatic carbocycles. The van der Waals surface area contributed by atoms with E-state index in [2.05, 4.69) is 49.1 Å². The number of nitrogens with one attached hydrogen (secondary N) is 1. The third-order valence-corrected chi connectivity index (χ3v) is 11.2. The number of rotatable bonds is 9. The highest BCUT2D eigenvalue weighted by atomic mass is 35.5. The van der Waals surface area contributed by atoms with Gasteiger partial charge in [0.05, 0.1) is 12.7 Å². The van der Waals surface area contributed by atoms with Gasteiger partial charge in [0.2, 0.25) is 0 Å². The number of nitrogens with zero attached hydrogens (tertiary/aromatic N) is 2. The van der Waals surface area contributed by atoms with Crippen LogP contribution in [0.1, 0.15) is 53.5 Å². The van der Waals surface area contributed by atoms with E-state index in [0.717, 1.165) is 5.56 Å². The lowest BCUT2D eigenvalue weighted by atomic mass is 10.1. The molecule has 1 aromatic heterocycles. The van der Waals surface area contributed by atoms with Gasteiger partial charge in [-0.25, -0.2) is 14.8 Å². The van der Waals surface area contributed by atoms with Crippen LogP contribution in [0.4, 0.5) is 4.79 Å². The number of hydrogen-bond acceptors (Lipinski definition) is 6. The van der Waals surface area contributed by atoms with Crippen LogP contribution in [0.5, 0.6) is 5.75 Å². The van der Waals surface area contributed by atoms with Gasteiger partial charge in [-0.05, 0) is 58.0 Å². The summed E-state index contributed by atoms with van der Waals surface area (Å²) in [5, 5.41) is 3.45. The fourth-order valence-corrected chi connectivity index (χ4v) is 4.66. The largest absolute Gasteiger partial charge is 0.491 e. The number of carbonyl (C=O) groups is 1. The molecule has 1 atom stereocenters. The molecule has 0 radical (unpaired) electrons. The third-order valence-electron chi connectivity index (χ3n) is 5.97. The van der Waals surface area contributed by atoms with Crippen LogP contribution in [-0.2, 0) is 9.16 Å². The second-order valence-electron chi connectivity index (χ2n) is 11.4. The molecule has 0 aliphatic heterocycles. The summed E-state index contributed by atoms with van der Waals surface area (Å²) in [7, 11) is -2.09. The first-order chi connectivity index (χ1) is 16.5. The fraction of sp³-hybridized carbons (Fsp3) is 0.577. The first-order valence-electron chi connectivity index (χ1n) is 12.0. The van der Waals surface area contributed by atoms with Gasteiger partial charge >= 0.3 is 6.09 Å². The second kappa shape index (κ2) is 12.1. The van der Waals surface area contributed by atoms with Gasteiger partial charge in [-0.1, -0.05) is 56.1 Å². The van der Waals surface area contributed by atoms with Crippen LogP contribution in [0.25, 0.3) is 11.4 Å². The van der Waals surface area contributed by atoms with Gasteiger partial charge in [-0.2, -0.15) is 0 Å². The van der Waals surface area contributed by atoms with Crippen molar-refractivity contribution in [1.29, 1.82) is 0 Å². The predicted molar refractivity (Wildman–Crippen MR) is 149 cm³/mol. The lowest BCUT2D eigenvalue weighted by Gasteiger charge is -2.39. The molecule has 200 valence electrons. The molecule has 2 rings (SSSR count). The lowest BCUT2D eigenvalue weighted by molar-refractivity contribution is 0.0766. The SMILES string of the molecule is Cc1c(Cl)nc(-c2cccc(OCC(CCOC(=O)NC(C)(C)C)O[Si](C)(C)C(C)(C)C)c2)nc1Cl. The van der Waals surface area contributed by atoms with Gasteiger partial charge in [-0.3, -0.25) is 0 Å². The molecule has 10 heteroatoms. The predicted octanol–water partition coefficient (Wildman–Crippen LogP) is 7.44. The highest BCUT2D eigenvalue weighted by molar-refractivity contribution is 6.74. The summed E-state index contributed by atoms with van der Waals surface area (Å²) in [5.74, 6) is 1.06. The zero-order chi connectivity index (χ0) is 27.3. The molecule has 2 aromatic rings. The Morgan fingerprint density at radius 1 is 1.08 bits per heavy atom. The van der Waals surface area contributed by atoms with Crippen molar-refractivity contribution in [3.05, 3.63) is 40.1 Å². The van der Waals surface area contributed by atoms with Gasteiger partial charge in [-0.15, -0.1) is 0 Å². The van der Waals surface area contributed by atoms with Gasteiger partial charge in [0, 0.05) is 23.1 Å². The lowest BCUT2D eigenvalue weighted by Crippen LogP contribution is -2.46. The van der Waals surface area contributed by atoms with Crippen LogP contribution < -0.4 is 10.1 Å². The van der Waals surface area contributed by atoms with E-state index in [0.29, 0.717) is 40.5 Å². The minimum absolute atomic E-state index is 0.0248. The summed E-state index contributed by atoms with van der Waals surface area (Å²) in [5.41, 5.74) is 1.01. The molecule has 0 aliphatic rings. The number of benzene rings is 1. The molecule has 0 saturated heterocycles. The summed E-state index contributed by atoms with van der Waals surface area (Å²) in [4.78, 5) is 20.8. The summed E-state index contributed by atoms with van der Waals surface area (Å²) in [6.45, 7) is 19.0. The topological polar surface area (TPSA) is 82.6 Å². The Balaban J connectivity index is 2.13. The highest BCUT2D eigenvalue weighted by Gasteiger charge is 2.39. The molecule has 0 fully saturated rings. The number of ether oxygens (including phenoxy) is 2. The number of hydrogen-bond donors (Lipinski definition) is 1. The van der Waals surface area contributed by atoms with Crippen LogP contribution in [0.15, 0.2) is 24.3 Å². The second-order valence-corrected chi connectivity index (χ2v) is 16.9. The van der Waals surface area contributed by atoms with Crippen molar-refractivity contribution in [3.63, 3.8) is 0 Å². The van der Waals surface area contributed by atoms with E-state index in [9.17, 15) is 4.79 Å². The first-order valence-corrected chi connectivity index (χ1v) is 15.7. The van der Waals surface area contributed by atoms with Crippen molar-refractivity contribution < 1.29 is 18.7 Å². The van der Waals surface area contributed by atoms with Crippen LogP contribution in [-0.4, -0.2) is 49.2 Å². The van der Waals surface area contributed by atoms with Gasteiger partial charge in [0.15, 0.2) is 14.1 Å². The number of aromatic nitrogens is 2. The molecule has 0 bridgehead atoms. The molecule has 1 N–H and O–H groups in total. The Labute approximate surface area is 226 Å². The quantitative estimate of drug-likeness (QED) is 0.255. The monoisotopic (exact) mass is 555 g/mol. The fourth-order valence-electron chi connectivity index (χ4n) is 2.90.